The normalized spacial score (nSPS) is 10.9. The van der Waals surface area contributed by atoms with Crippen molar-refractivity contribution in [1.29, 1.82) is 0 Å². The molecule has 0 saturated carbocycles. The molecule has 0 aliphatic heterocycles. The average Bonchev–Trinajstić information content (AvgIpc) is 2.50. The minimum absolute atomic E-state index is 0.298. The van der Waals surface area contributed by atoms with Crippen molar-refractivity contribution in [1.82, 2.24) is 0 Å². The van der Waals surface area contributed by atoms with E-state index in [0.29, 0.717) is 8.95 Å². The molecule has 0 N–H and O–H groups in total. The third kappa shape index (κ3) is 3.66. The predicted molar refractivity (Wildman–Crippen MR) is 108 cm³/mol. The fourth-order valence-corrected chi connectivity index (χ4v) is 4.62. The van der Waals surface area contributed by atoms with Crippen LogP contribution in [0.25, 0.3) is 22.3 Å². The first-order valence-electron chi connectivity index (χ1n) is 6.76. The molecular formula is C18H8Br4F2. The van der Waals surface area contributed by atoms with Gasteiger partial charge in [-0.2, -0.15) is 0 Å². The van der Waals surface area contributed by atoms with Crippen molar-refractivity contribution in [2.45, 2.75) is 0 Å². The van der Waals surface area contributed by atoms with E-state index in [2.05, 4.69) is 63.7 Å². The second-order valence-corrected chi connectivity index (χ2v) is 8.48. The van der Waals surface area contributed by atoms with E-state index in [1.54, 1.807) is 12.1 Å². The maximum atomic E-state index is 13.3. The fourth-order valence-electron chi connectivity index (χ4n) is 2.38. The highest BCUT2D eigenvalue weighted by Gasteiger charge is 2.14. The van der Waals surface area contributed by atoms with Gasteiger partial charge in [-0.1, -0.05) is 75.9 Å². The van der Waals surface area contributed by atoms with Crippen LogP contribution in [0.15, 0.2) is 66.4 Å². The van der Waals surface area contributed by atoms with E-state index in [1.807, 2.05) is 12.1 Å². The minimum atomic E-state index is -0.298. The van der Waals surface area contributed by atoms with Crippen molar-refractivity contribution in [2.75, 3.05) is 0 Å². The minimum Gasteiger partial charge on any atom is -0.207 e. The maximum absolute atomic E-state index is 13.3. The largest absolute Gasteiger partial charge is 0.207 e. The van der Waals surface area contributed by atoms with Gasteiger partial charge in [-0.3, -0.25) is 0 Å². The van der Waals surface area contributed by atoms with Crippen LogP contribution in [-0.4, -0.2) is 0 Å². The molecule has 0 aliphatic carbocycles. The second kappa shape index (κ2) is 7.36. The van der Waals surface area contributed by atoms with Gasteiger partial charge in [0.25, 0.3) is 0 Å². The van der Waals surface area contributed by atoms with Gasteiger partial charge in [-0.05, 0) is 58.7 Å². The van der Waals surface area contributed by atoms with Crippen LogP contribution in [0.5, 0.6) is 0 Å². The van der Waals surface area contributed by atoms with Crippen LogP contribution in [0.4, 0.5) is 8.78 Å². The third-order valence-electron chi connectivity index (χ3n) is 3.50. The van der Waals surface area contributed by atoms with E-state index in [-0.39, 0.29) is 11.6 Å². The number of hydrogen-bond acceptors (Lipinski definition) is 0. The number of rotatable bonds is 2. The van der Waals surface area contributed by atoms with E-state index in [0.717, 1.165) is 31.2 Å². The zero-order valence-electron chi connectivity index (χ0n) is 11.9. The van der Waals surface area contributed by atoms with Gasteiger partial charge >= 0.3 is 0 Å². The lowest BCUT2D eigenvalue weighted by Gasteiger charge is -2.13. The van der Waals surface area contributed by atoms with Gasteiger partial charge in [-0.15, -0.1) is 0 Å². The molecule has 0 spiro atoms. The molecule has 0 saturated heterocycles. The van der Waals surface area contributed by atoms with Crippen LogP contribution in [-0.2, 0) is 0 Å². The van der Waals surface area contributed by atoms with E-state index < -0.39 is 0 Å². The molecule has 0 unspecified atom stereocenters. The van der Waals surface area contributed by atoms with Crippen molar-refractivity contribution in [3.8, 4) is 22.3 Å². The summed E-state index contributed by atoms with van der Waals surface area (Å²) in [7, 11) is 0. The Labute approximate surface area is 171 Å². The lowest BCUT2D eigenvalue weighted by Crippen LogP contribution is -1.89. The molecule has 0 fully saturated rings. The number of halogens is 6. The van der Waals surface area contributed by atoms with E-state index in [1.165, 1.54) is 24.3 Å². The molecule has 0 amide bonds. The highest BCUT2D eigenvalue weighted by Crippen LogP contribution is 2.42. The molecule has 3 aromatic rings. The van der Waals surface area contributed by atoms with Crippen molar-refractivity contribution >= 4 is 63.7 Å². The number of benzene rings is 3. The summed E-state index contributed by atoms with van der Waals surface area (Å²) in [6, 6.07) is 13.1. The molecule has 3 rings (SSSR count). The number of hydrogen-bond donors (Lipinski definition) is 0. The molecule has 6 heteroatoms. The average molecular weight is 582 g/mol. The van der Waals surface area contributed by atoms with Crippen LogP contribution in [0.2, 0.25) is 0 Å². The van der Waals surface area contributed by atoms with Crippen molar-refractivity contribution in [3.05, 3.63) is 78.1 Å². The Morgan fingerprint density at radius 3 is 1.12 bits per heavy atom. The van der Waals surface area contributed by atoms with Gasteiger partial charge in [-0.25, -0.2) is 8.78 Å². The molecular weight excluding hydrogens is 574 g/mol. The van der Waals surface area contributed by atoms with Crippen LogP contribution in [0, 0.1) is 11.6 Å². The summed E-state index contributed by atoms with van der Waals surface area (Å²) in [5.74, 6) is -0.597. The van der Waals surface area contributed by atoms with Gasteiger partial charge in [0.1, 0.15) is 11.6 Å². The second-order valence-electron chi connectivity index (χ2n) is 5.06. The van der Waals surface area contributed by atoms with Gasteiger partial charge in [0, 0.05) is 17.9 Å². The van der Waals surface area contributed by atoms with Gasteiger partial charge in [0.05, 0.1) is 0 Å². The first-order chi connectivity index (χ1) is 11.4. The summed E-state index contributed by atoms with van der Waals surface area (Å²) in [5, 5.41) is 0. The van der Waals surface area contributed by atoms with Crippen LogP contribution < -0.4 is 0 Å². The molecule has 0 radical (unpaired) electrons. The predicted octanol–water partition coefficient (Wildman–Crippen LogP) is 8.35. The summed E-state index contributed by atoms with van der Waals surface area (Å²) in [5.41, 5.74) is 3.56. The molecule has 0 nitrogen and oxygen atoms in total. The molecule has 0 atom stereocenters. The lowest BCUT2D eigenvalue weighted by atomic mass is 10.00. The molecule has 24 heavy (non-hydrogen) atoms. The summed E-state index contributed by atoms with van der Waals surface area (Å²) >= 11 is 14.0. The van der Waals surface area contributed by atoms with E-state index in [4.69, 9.17) is 0 Å². The Bertz CT molecular complexity index is 861. The first-order valence-corrected chi connectivity index (χ1v) is 9.94. The smallest absolute Gasteiger partial charge is 0.124 e. The van der Waals surface area contributed by atoms with Crippen LogP contribution in [0.3, 0.4) is 0 Å². The Hall–Kier alpha value is -0.560. The SMILES string of the molecule is Fc1ccc(-c2cc(Br)c(-c3ccc(F)cc3Br)cc2Br)c(Br)c1. The quantitative estimate of drug-likeness (QED) is 0.285. The topological polar surface area (TPSA) is 0 Å². The third-order valence-corrected chi connectivity index (χ3v) is 6.12. The van der Waals surface area contributed by atoms with Crippen molar-refractivity contribution in [3.63, 3.8) is 0 Å². The van der Waals surface area contributed by atoms with Crippen LogP contribution in [0.1, 0.15) is 0 Å². The van der Waals surface area contributed by atoms with Gasteiger partial charge in [0.15, 0.2) is 0 Å². The summed E-state index contributed by atoms with van der Waals surface area (Å²) < 4.78 is 29.7. The monoisotopic (exact) mass is 578 g/mol. The lowest BCUT2D eigenvalue weighted by molar-refractivity contribution is 0.626. The van der Waals surface area contributed by atoms with E-state index >= 15 is 0 Å². The Balaban J connectivity index is 2.15. The van der Waals surface area contributed by atoms with Crippen LogP contribution >= 0.6 is 63.7 Å². The molecule has 0 aromatic heterocycles. The summed E-state index contributed by atoms with van der Waals surface area (Å²) in [4.78, 5) is 0. The Morgan fingerprint density at radius 1 is 0.458 bits per heavy atom. The summed E-state index contributed by atoms with van der Waals surface area (Å²) in [6.07, 6.45) is 0. The molecule has 3 aromatic carbocycles. The van der Waals surface area contributed by atoms with Gasteiger partial charge < -0.3 is 0 Å². The maximum Gasteiger partial charge on any atom is 0.124 e. The molecule has 0 heterocycles. The van der Waals surface area contributed by atoms with Crippen molar-refractivity contribution < 1.29 is 8.78 Å². The van der Waals surface area contributed by atoms with Crippen molar-refractivity contribution in [2.24, 2.45) is 0 Å². The highest BCUT2D eigenvalue weighted by atomic mass is 79.9. The molecule has 0 bridgehead atoms. The molecule has 0 aliphatic rings. The Kier molecular flexibility index (Phi) is 5.59. The Morgan fingerprint density at radius 2 is 0.792 bits per heavy atom. The molecule has 122 valence electrons. The standard InChI is InChI=1S/C18H8Br4F2/c19-15-5-9(23)1-3-11(15)13-7-18(22)14(8-17(13)21)12-4-2-10(24)6-16(12)20/h1-8H. The first kappa shape index (κ1) is 18.2. The van der Waals surface area contributed by atoms with Gasteiger partial charge in [0.2, 0.25) is 0 Å². The highest BCUT2D eigenvalue weighted by molar-refractivity contribution is 9.11. The fraction of sp³-hybridized carbons (Fsp3) is 0. The summed E-state index contributed by atoms with van der Waals surface area (Å²) in [6.45, 7) is 0. The zero-order chi connectivity index (χ0) is 17.4. The zero-order valence-corrected chi connectivity index (χ0v) is 18.2. The van der Waals surface area contributed by atoms with E-state index in [9.17, 15) is 8.78 Å².